The van der Waals surface area contributed by atoms with Gasteiger partial charge in [0.05, 0.1) is 5.56 Å². The van der Waals surface area contributed by atoms with Crippen LogP contribution >= 0.6 is 0 Å². The van der Waals surface area contributed by atoms with Crippen molar-refractivity contribution in [1.29, 1.82) is 0 Å². The van der Waals surface area contributed by atoms with Gasteiger partial charge in [-0.1, -0.05) is 24.3 Å². The number of halogens is 3. The third-order valence-corrected chi connectivity index (χ3v) is 4.67. The summed E-state index contributed by atoms with van der Waals surface area (Å²) in [6, 6.07) is 10.4. The van der Waals surface area contributed by atoms with E-state index in [2.05, 4.69) is 4.98 Å². The topological polar surface area (TPSA) is 53.5 Å². The maximum Gasteiger partial charge on any atom is 0.416 e. The molecule has 0 N–H and O–H groups in total. The summed E-state index contributed by atoms with van der Waals surface area (Å²) in [4.78, 5) is 32.2. The Balaban J connectivity index is 1.73. The number of benzene rings is 1. The van der Waals surface area contributed by atoms with Crippen LogP contribution in [0.4, 0.5) is 13.2 Å². The molecule has 2 heterocycles. The molecule has 1 fully saturated rings. The summed E-state index contributed by atoms with van der Waals surface area (Å²) in [5.74, 6) is -0.557. The van der Waals surface area contributed by atoms with E-state index in [-0.39, 0.29) is 50.0 Å². The van der Waals surface area contributed by atoms with Crippen LogP contribution in [0.1, 0.15) is 33.7 Å². The third-order valence-electron chi connectivity index (χ3n) is 4.67. The summed E-state index contributed by atoms with van der Waals surface area (Å²) in [6.45, 7) is 2.27. The number of pyridine rings is 1. The Morgan fingerprint density at radius 1 is 1.07 bits per heavy atom. The van der Waals surface area contributed by atoms with E-state index in [1.54, 1.807) is 25.1 Å². The van der Waals surface area contributed by atoms with Crippen molar-refractivity contribution in [3.05, 3.63) is 65.0 Å². The van der Waals surface area contributed by atoms with Crippen molar-refractivity contribution >= 4 is 11.8 Å². The van der Waals surface area contributed by atoms with Crippen molar-refractivity contribution in [3.63, 3.8) is 0 Å². The van der Waals surface area contributed by atoms with Crippen LogP contribution in [0.3, 0.4) is 0 Å². The molecule has 0 saturated carbocycles. The van der Waals surface area contributed by atoms with Crippen LogP contribution in [-0.4, -0.2) is 46.2 Å². The van der Waals surface area contributed by atoms with E-state index in [1.807, 2.05) is 0 Å². The number of hydrogen-bond acceptors (Lipinski definition) is 3. The van der Waals surface area contributed by atoms with E-state index >= 15 is 0 Å². The lowest BCUT2D eigenvalue weighted by molar-refractivity contribution is -0.139. The zero-order valence-corrected chi connectivity index (χ0v) is 15.4. The maximum absolute atomic E-state index is 13.2. The molecular formula is C20H20F3N3O2. The lowest BCUT2D eigenvalue weighted by Crippen LogP contribution is -2.36. The van der Waals surface area contributed by atoms with Crippen LogP contribution in [0.5, 0.6) is 0 Å². The number of aryl methyl sites for hydroxylation is 1. The lowest BCUT2D eigenvalue weighted by Gasteiger charge is -2.23. The highest BCUT2D eigenvalue weighted by Gasteiger charge is 2.34. The van der Waals surface area contributed by atoms with Gasteiger partial charge < -0.3 is 9.80 Å². The number of carbonyl (C=O) groups excluding carboxylic acids is 2. The summed E-state index contributed by atoms with van der Waals surface area (Å²) in [5, 5.41) is 0. The van der Waals surface area contributed by atoms with Gasteiger partial charge in [0.1, 0.15) is 5.69 Å². The standard InChI is InChI=1S/C20H20F3N3O2/c1-14-5-4-8-17(24-14)19(28)25-10-9-18(27)26(12-11-25)13-15-6-2-3-7-16(15)20(21,22)23/h2-8H,9-13H2,1H3. The zero-order valence-electron chi connectivity index (χ0n) is 15.4. The Morgan fingerprint density at radius 2 is 1.82 bits per heavy atom. The SMILES string of the molecule is Cc1cccc(C(=O)N2CCC(=O)N(Cc3ccccc3C(F)(F)F)CC2)n1. The Bertz CT molecular complexity index is 883. The molecule has 0 atom stereocenters. The number of hydrogen-bond donors (Lipinski definition) is 0. The minimum Gasteiger partial charge on any atom is -0.337 e. The van der Waals surface area contributed by atoms with Crippen molar-refractivity contribution in [3.8, 4) is 0 Å². The van der Waals surface area contributed by atoms with E-state index in [9.17, 15) is 22.8 Å². The Kier molecular flexibility index (Phi) is 5.67. The molecule has 1 aliphatic rings. The number of aromatic nitrogens is 1. The van der Waals surface area contributed by atoms with Gasteiger partial charge in [0.25, 0.3) is 5.91 Å². The molecule has 8 heteroatoms. The molecule has 0 spiro atoms. The average Bonchev–Trinajstić information content (AvgIpc) is 2.83. The van der Waals surface area contributed by atoms with E-state index in [0.717, 1.165) is 6.07 Å². The number of nitrogens with zero attached hydrogens (tertiary/aromatic N) is 3. The summed E-state index contributed by atoms with van der Waals surface area (Å²) in [5.41, 5.74) is 0.304. The van der Waals surface area contributed by atoms with Gasteiger partial charge in [-0.2, -0.15) is 13.2 Å². The van der Waals surface area contributed by atoms with Gasteiger partial charge in [-0.15, -0.1) is 0 Å². The molecule has 1 aromatic carbocycles. The predicted octanol–water partition coefficient (Wildman–Crippen LogP) is 3.28. The summed E-state index contributed by atoms with van der Waals surface area (Å²) < 4.78 is 39.6. The molecule has 2 amide bonds. The second kappa shape index (κ2) is 8.00. The molecule has 1 aromatic heterocycles. The van der Waals surface area contributed by atoms with Crippen LogP contribution in [0.15, 0.2) is 42.5 Å². The highest BCUT2D eigenvalue weighted by molar-refractivity contribution is 5.93. The number of alkyl halides is 3. The number of carbonyl (C=O) groups is 2. The Hall–Kier alpha value is -2.90. The van der Waals surface area contributed by atoms with E-state index in [1.165, 1.54) is 28.0 Å². The van der Waals surface area contributed by atoms with E-state index in [0.29, 0.717) is 11.4 Å². The fraction of sp³-hybridized carbons (Fsp3) is 0.350. The zero-order chi connectivity index (χ0) is 20.3. The highest BCUT2D eigenvalue weighted by atomic mass is 19.4. The van der Waals surface area contributed by atoms with Gasteiger partial charge in [-0.25, -0.2) is 4.98 Å². The molecular weight excluding hydrogens is 371 g/mol. The highest BCUT2D eigenvalue weighted by Crippen LogP contribution is 2.32. The van der Waals surface area contributed by atoms with Gasteiger partial charge in [0, 0.05) is 38.3 Å². The summed E-state index contributed by atoms with van der Waals surface area (Å²) in [6.07, 6.45) is -4.42. The third kappa shape index (κ3) is 4.49. The Morgan fingerprint density at radius 3 is 2.54 bits per heavy atom. The van der Waals surface area contributed by atoms with Crippen LogP contribution in [0, 0.1) is 6.92 Å². The van der Waals surface area contributed by atoms with Gasteiger partial charge in [0.2, 0.25) is 5.91 Å². The quantitative estimate of drug-likeness (QED) is 0.807. The molecule has 0 unspecified atom stereocenters. The van der Waals surface area contributed by atoms with Gasteiger partial charge in [-0.05, 0) is 30.7 Å². The van der Waals surface area contributed by atoms with E-state index < -0.39 is 11.7 Å². The Labute approximate surface area is 160 Å². The monoisotopic (exact) mass is 391 g/mol. The second-order valence-electron chi connectivity index (χ2n) is 6.68. The first kappa shape index (κ1) is 19.9. The summed E-state index contributed by atoms with van der Waals surface area (Å²) >= 11 is 0. The number of amides is 2. The molecule has 3 rings (SSSR count). The molecule has 148 valence electrons. The van der Waals surface area contributed by atoms with Crippen LogP contribution in [0.25, 0.3) is 0 Å². The maximum atomic E-state index is 13.2. The minimum absolute atomic E-state index is 0.0449. The summed E-state index contributed by atoms with van der Waals surface area (Å²) in [7, 11) is 0. The number of rotatable bonds is 3. The van der Waals surface area contributed by atoms with Crippen molar-refractivity contribution in [1.82, 2.24) is 14.8 Å². The second-order valence-corrected chi connectivity index (χ2v) is 6.68. The van der Waals surface area contributed by atoms with Crippen LogP contribution in [0.2, 0.25) is 0 Å². The molecule has 0 aliphatic carbocycles. The molecule has 28 heavy (non-hydrogen) atoms. The molecule has 5 nitrogen and oxygen atoms in total. The smallest absolute Gasteiger partial charge is 0.337 e. The largest absolute Gasteiger partial charge is 0.416 e. The lowest BCUT2D eigenvalue weighted by atomic mass is 10.1. The van der Waals surface area contributed by atoms with Crippen LogP contribution in [-0.2, 0) is 17.5 Å². The first-order chi connectivity index (χ1) is 13.3. The molecule has 2 aromatic rings. The van der Waals surface area contributed by atoms with Crippen molar-refractivity contribution < 1.29 is 22.8 Å². The van der Waals surface area contributed by atoms with Crippen molar-refractivity contribution in [2.75, 3.05) is 19.6 Å². The molecule has 1 saturated heterocycles. The molecule has 0 radical (unpaired) electrons. The van der Waals surface area contributed by atoms with Gasteiger partial charge >= 0.3 is 6.18 Å². The van der Waals surface area contributed by atoms with E-state index in [4.69, 9.17) is 0 Å². The van der Waals surface area contributed by atoms with Crippen molar-refractivity contribution in [2.45, 2.75) is 26.1 Å². The molecule has 1 aliphatic heterocycles. The van der Waals surface area contributed by atoms with Gasteiger partial charge in [-0.3, -0.25) is 9.59 Å². The first-order valence-electron chi connectivity index (χ1n) is 8.91. The van der Waals surface area contributed by atoms with Crippen LogP contribution < -0.4 is 0 Å². The van der Waals surface area contributed by atoms with Gasteiger partial charge in [0.15, 0.2) is 0 Å². The molecule has 0 bridgehead atoms. The fourth-order valence-electron chi connectivity index (χ4n) is 3.20. The first-order valence-corrected chi connectivity index (χ1v) is 8.91. The predicted molar refractivity (Wildman–Crippen MR) is 96.4 cm³/mol. The fourth-order valence-corrected chi connectivity index (χ4v) is 3.20. The average molecular weight is 391 g/mol. The normalized spacial score (nSPS) is 15.5. The van der Waals surface area contributed by atoms with Crippen molar-refractivity contribution in [2.24, 2.45) is 0 Å². The minimum atomic E-state index is -4.48.